The Bertz CT molecular complexity index is 1220. The standard InChI is InChI=1S/C22H21N3O4S2/c1-13-24-25-22(31-13)30-12-17-16-6-4-5-7-18(16)29-20(17)21(26)23-11-14-8-9-15(27-2)10-19(14)28-3/h4-10H,11-12H2,1-3H3,(H,23,26). The van der Waals surface area contributed by atoms with Crippen molar-refractivity contribution in [3.63, 3.8) is 0 Å². The number of ether oxygens (including phenoxy) is 2. The van der Waals surface area contributed by atoms with E-state index >= 15 is 0 Å². The van der Waals surface area contributed by atoms with E-state index in [4.69, 9.17) is 13.9 Å². The van der Waals surface area contributed by atoms with Crippen LogP contribution in [0.5, 0.6) is 11.5 Å². The second-order valence-electron chi connectivity index (χ2n) is 6.64. The van der Waals surface area contributed by atoms with Crippen molar-refractivity contribution < 1.29 is 18.7 Å². The van der Waals surface area contributed by atoms with Gasteiger partial charge in [-0.1, -0.05) is 41.3 Å². The van der Waals surface area contributed by atoms with E-state index in [1.54, 1.807) is 32.0 Å². The summed E-state index contributed by atoms with van der Waals surface area (Å²) in [5.41, 5.74) is 2.36. The molecule has 1 amide bonds. The molecule has 160 valence electrons. The minimum absolute atomic E-state index is 0.280. The van der Waals surface area contributed by atoms with Crippen LogP contribution in [0, 0.1) is 6.92 Å². The van der Waals surface area contributed by atoms with Crippen LogP contribution in [0.4, 0.5) is 0 Å². The van der Waals surface area contributed by atoms with Crippen molar-refractivity contribution in [1.29, 1.82) is 0 Å². The van der Waals surface area contributed by atoms with Crippen LogP contribution in [0.25, 0.3) is 11.0 Å². The number of carbonyl (C=O) groups is 1. The van der Waals surface area contributed by atoms with Crippen molar-refractivity contribution in [2.24, 2.45) is 0 Å². The molecule has 2 heterocycles. The molecule has 0 fully saturated rings. The minimum Gasteiger partial charge on any atom is -0.497 e. The van der Waals surface area contributed by atoms with Gasteiger partial charge in [-0.05, 0) is 25.1 Å². The SMILES string of the molecule is COc1ccc(CNC(=O)c2oc3ccccc3c2CSc2nnc(C)s2)c(OC)c1. The number of hydrogen-bond donors (Lipinski definition) is 1. The van der Waals surface area contributed by atoms with Gasteiger partial charge in [0.05, 0.1) is 14.2 Å². The summed E-state index contributed by atoms with van der Waals surface area (Å²) in [6.07, 6.45) is 0. The lowest BCUT2D eigenvalue weighted by Crippen LogP contribution is -2.23. The predicted octanol–water partition coefficient (Wildman–Crippen LogP) is 4.83. The molecule has 9 heteroatoms. The topological polar surface area (TPSA) is 86.5 Å². The number of hydrogen-bond acceptors (Lipinski definition) is 8. The van der Waals surface area contributed by atoms with Gasteiger partial charge in [0, 0.05) is 34.9 Å². The number of aryl methyl sites for hydroxylation is 1. The lowest BCUT2D eigenvalue weighted by atomic mass is 10.1. The summed E-state index contributed by atoms with van der Waals surface area (Å²) in [7, 11) is 3.18. The van der Waals surface area contributed by atoms with Gasteiger partial charge in [-0.25, -0.2) is 0 Å². The summed E-state index contributed by atoms with van der Waals surface area (Å²) >= 11 is 3.07. The summed E-state index contributed by atoms with van der Waals surface area (Å²) in [6, 6.07) is 13.1. The third-order valence-corrected chi connectivity index (χ3v) is 6.68. The maximum absolute atomic E-state index is 13.0. The number of fused-ring (bicyclic) bond motifs is 1. The molecule has 31 heavy (non-hydrogen) atoms. The summed E-state index contributed by atoms with van der Waals surface area (Å²) < 4.78 is 17.4. The zero-order chi connectivity index (χ0) is 21.8. The number of amides is 1. The average Bonchev–Trinajstić information content (AvgIpc) is 3.38. The van der Waals surface area contributed by atoms with Crippen molar-refractivity contribution in [2.45, 2.75) is 23.6 Å². The first-order valence-corrected chi connectivity index (χ1v) is 11.3. The summed E-state index contributed by atoms with van der Waals surface area (Å²) in [5, 5.41) is 13.0. The minimum atomic E-state index is -0.280. The van der Waals surface area contributed by atoms with E-state index in [1.807, 2.05) is 43.3 Å². The first-order chi connectivity index (χ1) is 15.1. The third kappa shape index (κ3) is 4.67. The van der Waals surface area contributed by atoms with Gasteiger partial charge in [-0.2, -0.15) is 0 Å². The fraction of sp³-hybridized carbons (Fsp3) is 0.227. The Labute approximate surface area is 187 Å². The van der Waals surface area contributed by atoms with E-state index in [0.29, 0.717) is 35.1 Å². The van der Waals surface area contributed by atoms with Crippen LogP contribution in [0.3, 0.4) is 0 Å². The molecule has 2 aromatic carbocycles. The van der Waals surface area contributed by atoms with Crippen LogP contribution in [-0.4, -0.2) is 30.3 Å². The Kier molecular flexibility index (Phi) is 6.43. The van der Waals surface area contributed by atoms with Gasteiger partial charge in [-0.15, -0.1) is 10.2 Å². The van der Waals surface area contributed by atoms with E-state index in [9.17, 15) is 4.79 Å². The highest BCUT2D eigenvalue weighted by Gasteiger charge is 2.21. The lowest BCUT2D eigenvalue weighted by Gasteiger charge is -2.11. The average molecular weight is 456 g/mol. The molecule has 0 unspecified atom stereocenters. The van der Waals surface area contributed by atoms with Crippen LogP contribution >= 0.6 is 23.1 Å². The Morgan fingerprint density at radius 2 is 2.00 bits per heavy atom. The number of benzene rings is 2. The molecule has 4 rings (SSSR count). The number of para-hydroxylation sites is 1. The first-order valence-electron chi connectivity index (χ1n) is 9.51. The molecule has 0 aliphatic carbocycles. The second kappa shape index (κ2) is 9.40. The number of thioether (sulfide) groups is 1. The molecular formula is C22H21N3O4S2. The fourth-order valence-corrected chi connectivity index (χ4v) is 4.99. The normalized spacial score (nSPS) is 10.9. The number of nitrogens with one attached hydrogen (secondary N) is 1. The van der Waals surface area contributed by atoms with Crippen molar-refractivity contribution in [2.75, 3.05) is 14.2 Å². The van der Waals surface area contributed by atoms with E-state index in [0.717, 1.165) is 25.9 Å². The van der Waals surface area contributed by atoms with Crippen molar-refractivity contribution in [3.8, 4) is 11.5 Å². The molecule has 0 saturated carbocycles. The molecule has 0 aliphatic rings. The molecule has 2 aromatic heterocycles. The highest BCUT2D eigenvalue weighted by atomic mass is 32.2. The number of carbonyl (C=O) groups excluding carboxylic acids is 1. The quantitative estimate of drug-likeness (QED) is 0.381. The Balaban J connectivity index is 1.56. The number of aromatic nitrogens is 2. The van der Waals surface area contributed by atoms with Gasteiger partial charge < -0.3 is 19.2 Å². The van der Waals surface area contributed by atoms with Crippen LogP contribution in [0.15, 0.2) is 51.2 Å². The van der Waals surface area contributed by atoms with Gasteiger partial charge in [-0.3, -0.25) is 4.79 Å². The zero-order valence-corrected chi connectivity index (χ0v) is 18.9. The van der Waals surface area contributed by atoms with Gasteiger partial charge in [0.1, 0.15) is 22.1 Å². The van der Waals surface area contributed by atoms with E-state index in [1.165, 1.54) is 11.3 Å². The number of methoxy groups -OCH3 is 2. The smallest absolute Gasteiger partial charge is 0.287 e. The highest BCUT2D eigenvalue weighted by Crippen LogP contribution is 2.33. The zero-order valence-electron chi connectivity index (χ0n) is 17.3. The maximum atomic E-state index is 13.0. The molecule has 0 radical (unpaired) electrons. The van der Waals surface area contributed by atoms with Crippen molar-refractivity contribution >= 4 is 40.0 Å². The predicted molar refractivity (Wildman–Crippen MR) is 121 cm³/mol. The number of furan rings is 1. The number of nitrogens with zero attached hydrogens (tertiary/aromatic N) is 2. The third-order valence-electron chi connectivity index (χ3n) is 4.69. The summed E-state index contributed by atoms with van der Waals surface area (Å²) in [6.45, 7) is 2.21. The Morgan fingerprint density at radius 1 is 1.16 bits per heavy atom. The highest BCUT2D eigenvalue weighted by molar-refractivity contribution is 8.00. The van der Waals surface area contributed by atoms with Crippen LogP contribution in [-0.2, 0) is 12.3 Å². The molecule has 0 saturated heterocycles. The van der Waals surface area contributed by atoms with E-state index < -0.39 is 0 Å². The van der Waals surface area contributed by atoms with Crippen molar-refractivity contribution in [3.05, 3.63) is 64.4 Å². The molecule has 0 aliphatic heterocycles. The fourth-order valence-electron chi connectivity index (χ4n) is 3.15. The Morgan fingerprint density at radius 3 is 2.74 bits per heavy atom. The van der Waals surface area contributed by atoms with Crippen LogP contribution in [0.2, 0.25) is 0 Å². The first kappa shape index (κ1) is 21.2. The van der Waals surface area contributed by atoms with Gasteiger partial charge in [0.2, 0.25) is 0 Å². The lowest BCUT2D eigenvalue weighted by molar-refractivity contribution is 0.0924. The largest absolute Gasteiger partial charge is 0.497 e. The molecular weight excluding hydrogens is 434 g/mol. The Hall–Kier alpha value is -3.04. The molecule has 7 nitrogen and oxygen atoms in total. The second-order valence-corrected chi connectivity index (χ2v) is 9.05. The van der Waals surface area contributed by atoms with Crippen molar-refractivity contribution in [1.82, 2.24) is 15.5 Å². The van der Waals surface area contributed by atoms with E-state index in [2.05, 4.69) is 15.5 Å². The molecule has 1 N–H and O–H groups in total. The molecule has 0 bridgehead atoms. The van der Waals surface area contributed by atoms with Gasteiger partial charge in [0.25, 0.3) is 5.91 Å². The molecule has 4 aromatic rings. The maximum Gasteiger partial charge on any atom is 0.287 e. The van der Waals surface area contributed by atoms with Crippen LogP contribution in [0.1, 0.15) is 26.7 Å². The molecule has 0 spiro atoms. The summed E-state index contributed by atoms with van der Waals surface area (Å²) in [4.78, 5) is 13.0. The molecule has 0 atom stereocenters. The van der Waals surface area contributed by atoms with Crippen LogP contribution < -0.4 is 14.8 Å². The monoisotopic (exact) mass is 455 g/mol. The van der Waals surface area contributed by atoms with Gasteiger partial charge >= 0.3 is 0 Å². The number of rotatable bonds is 8. The summed E-state index contributed by atoms with van der Waals surface area (Å²) in [5.74, 6) is 1.92. The van der Waals surface area contributed by atoms with Gasteiger partial charge in [0.15, 0.2) is 10.1 Å². The van der Waals surface area contributed by atoms with E-state index in [-0.39, 0.29) is 5.91 Å².